The smallest absolute Gasteiger partial charge is 0.0798 e. The number of thiazole rings is 1. The molecule has 1 aromatic heterocycles. The van der Waals surface area contributed by atoms with Crippen molar-refractivity contribution in [3.63, 3.8) is 0 Å². The highest BCUT2D eigenvalue weighted by molar-refractivity contribution is 7.80. The van der Waals surface area contributed by atoms with E-state index < -0.39 is 0 Å². The van der Waals surface area contributed by atoms with Gasteiger partial charge in [0.2, 0.25) is 0 Å². The van der Waals surface area contributed by atoms with Gasteiger partial charge < -0.3 is 4.90 Å². The van der Waals surface area contributed by atoms with Crippen molar-refractivity contribution in [1.82, 2.24) is 9.88 Å². The van der Waals surface area contributed by atoms with Crippen molar-refractivity contribution in [2.24, 2.45) is 5.92 Å². The summed E-state index contributed by atoms with van der Waals surface area (Å²) in [5.74, 6) is 1.70. The largest absolute Gasteiger partial charge is 0.301 e. The Labute approximate surface area is 108 Å². The Bertz CT molecular complexity index is 299. The zero-order chi connectivity index (χ0) is 12.0. The molecule has 0 aliphatic rings. The third-order valence-corrected chi connectivity index (χ3v) is 4.22. The maximum Gasteiger partial charge on any atom is 0.0798 e. The normalized spacial score (nSPS) is 13.3. The van der Waals surface area contributed by atoms with Crippen LogP contribution in [0.25, 0.3) is 0 Å². The molecular weight excluding hydrogens is 236 g/mol. The Morgan fingerprint density at radius 1 is 1.56 bits per heavy atom. The minimum absolute atomic E-state index is 0.714. The second-order valence-corrected chi connectivity index (χ2v) is 5.70. The van der Waals surface area contributed by atoms with Gasteiger partial charge in [-0.15, -0.1) is 11.3 Å². The Morgan fingerprint density at radius 3 is 2.81 bits per heavy atom. The molecule has 0 bridgehead atoms. The van der Waals surface area contributed by atoms with E-state index in [9.17, 15) is 0 Å². The number of hydrogen-bond donors (Lipinski definition) is 1. The minimum Gasteiger partial charge on any atom is -0.301 e. The van der Waals surface area contributed by atoms with Crippen molar-refractivity contribution in [2.45, 2.75) is 33.2 Å². The zero-order valence-electron chi connectivity index (χ0n) is 10.4. The molecule has 92 valence electrons. The lowest BCUT2D eigenvalue weighted by molar-refractivity contribution is 0.274. The summed E-state index contributed by atoms with van der Waals surface area (Å²) in [6.45, 7) is 6.48. The minimum atomic E-state index is 0.714. The molecule has 0 saturated heterocycles. The van der Waals surface area contributed by atoms with Crippen molar-refractivity contribution in [3.05, 3.63) is 16.1 Å². The van der Waals surface area contributed by atoms with Crippen LogP contribution in [0.3, 0.4) is 0 Å². The van der Waals surface area contributed by atoms with Gasteiger partial charge in [-0.05, 0) is 32.1 Å². The fourth-order valence-corrected chi connectivity index (χ4v) is 3.03. The highest BCUT2D eigenvalue weighted by Crippen LogP contribution is 2.16. The molecule has 1 aromatic rings. The summed E-state index contributed by atoms with van der Waals surface area (Å²) in [6, 6.07) is 0. The van der Waals surface area contributed by atoms with Gasteiger partial charge in [0, 0.05) is 18.0 Å². The van der Waals surface area contributed by atoms with Gasteiger partial charge in [-0.25, -0.2) is 4.98 Å². The number of rotatable bonds is 7. The first-order valence-corrected chi connectivity index (χ1v) is 7.37. The van der Waals surface area contributed by atoms with Gasteiger partial charge in [0.05, 0.1) is 11.2 Å². The maximum atomic E-state index is 4.42. The Morgan fingerprint density at radius 2 is 2.31 bits per heavy atom. The van der Waals surface area contributed by atoms with Crippen molar-refractivity contribution in [3.8, 4) is 0 Å². The summed E-state index contributed by atoms with van der Waals surface area (Å²) in [7, 11) is 2.19. The summed E-state index contributed by atoms with van der Waals surface area (Å²) in [4.78, 5) is 8.05. The van der Waals surface area contributed by atoms with E-state index >= 15 is 0 Å². The van der Waals surface area contributed by atoms with E-state index in [4.69, 9.17) is 0 Å². The van der Waals surface area contributed by atoms with Crippen LogP contribution < -0.4 is 0 Å². The number of thiol groups is 1. The summed E-state index contributed by atoms with van der Waals surface area (Å²) in [5.41, 5.74) is 3.11. The molecule has 0 aliphatic heterocycles. The molecule has 2 nitrogen and oxygen atoms in total. The quantitative estimate of drug-likeness (QED) is 0.756. The van der Waals surface area contributed by atoms with Gasteiger partial charge in [0.1, 0.15) is 0 Å². The predicted octanol–water partition coefficient (Wildman–Crippen LogP) is 3.23. The summed E-state index contributed by atoms with van der Waals surface area (Å²) in [5, 5.41) is 0. The molecule has 1 unspecified atom stereocenters. The third kappa shape index (κ3) is 4.44. The van der Waals surface area contributed by atoms with Gasteiger partial charge in [0.25, 0.3) is 0 Å². The van der Waals surface area contributed by atoms with Crippen LogP contribution in [-0.4, -0.2) is 29.2 Å². The topological polar surface area (TPSA) is 16.1 Å². The van der Waals surface area contributed by atoms with Crippen molar-refractivity contribution < 1.29 is 0 Å². The fourth-order valence-electron chi connectivity index (χ4n) is 1.88. The van der Waals surface area contributed by atoms with Gasteiger partial charge in [-0.3, -0.25) is 0 Å². The first-order valence-electron chi connectivity index (χ1n) is 5.85. The monoisotopic (exact) mass is 258 g/mol. The molecule has 0 aromatic carbocycles. The number of aryl methyl sites for hydroxylation is 1. The molecular formula is C12H22N2S2. The number of hydrogen-bond acceptors (Lipinski definition) is 4. The number of aromatic nitrogens is 1. The lowest BCUT2D eigenvalue weighted by Crippen LogP contribution is -2.26. The molecule has 0 fully saturated rings. The highest BCUT2D eigenvalue weighted by atomic mass is 32.1. The van der Waals surface area contributed by atoms with Crippen molar-refractivity contribution in [2.75, 3.05) is 19.3 Å². The average Bonchev–Trinajstić information content (AvgIpc) is 2.64. The van der Waals surface area contributed by atoms with Crippen LogP contribution in [0, 0.1) is 12.8 Å². The molecule has 0 aliphatic carbocycles. The Balaban J connectivity index is 2.40. The van der Waals surface area contributed by atoms with E-state index in [2.05, 4.69) is 43.4 Å². The average molecular weight is 258 g/mol. The predicted molar refractivity (Wildman–Crippen MR) is 75.4 cm³/mol. The molecule has 4 heteroatoms. The maximum absolute atomic E-state index is 4.42. The second kappa shape index (κ2) is 7.30. The SMILES string of the molecule is CCCC(CS)CN(C)Cc1scnc1C. The summed E-state index contributed by atoms with van der Waals surface area (Å²) in [6.07, 6.45) is 2.52. The van der Waals surface area contributed by atoms with Gasteiger partial charge in [-0.1, -0.05) is 13.3 Å². The molecule has 1 rings (SSSR count). The van der Waals surface area contributed by atoms with Crippen molar-refractivity contribution >= 4 is 24.0 Å². The first-order chi connectivity index (χ1) is 7.67. The lowest BCUT2D eigenvalue weighted by atomic mass is 10.1. The molecule has 0 radical (unpaired) electrons. The molecule has 1 heterocycles. The van der Waals surface area contributed by atoms with Crippen LogP contribution in [0.4, 0.5) is 0 Å². The van der Waals surface area contributed by atoms with Gasteiger partial charge in [-0.2, -0.15) is 12.6 Å². The standard InChI is InChI=1S/C12H22N2S2/c1-4-5-11(8-15)6-14(3)7-12-10(2)13-9-16-12/h9,11,15H,4-8H2,1-3H3. The van der Waals surface area contributed by atoms with E-state index in [0.717, 1.165) is 18.8 Å². The third-order valence-electron chi connectivity index (χ3n) is 2.78. The molecule has 0 N–H and O–H groups in total. The lowest BCUT2D eigenvalue weighted by Gasteiger charge is -2.22. The van der Waals surface area contributed by atoms with Crippen LogP contribution in [0.5, 0.6) is 0 Å². The van der Waals surface area contributed by atoms with Crippen LogP contribution in [0.1, 0.15) is 30.3 Å². The fraction of sp³-hybridized carbons (Fsp3) is 0.750. The second-order valence-electron chi connectivity index (χ2n) is 4.39. The summed E-state index contributed by atoms with van der Waals surface area (Å²) < 4.78 is 0. The van der Waals surface area contributed by atoms with Crippen LogP contribution in [0.2, 0.25) is 0 Å². The molecule has 0 saturated carbocycles. The molecule has 0 spiro atoms. The molecule has 0 amide bonds. The van der Waals surface area contributed by atoms with Gasteiger partial charge in [0.15, 0.2) is 0 Å². The van der Waals surface area contributed by atoms with Crippen LogP contribution >= 0.6 is 24.0 Å². The molecule has 1 atom stereocenters. The van der Waals surface area contributed by atoms with Crippen molar-refractivity contribution in [1.29, 1.82) is 0 Å². The number of nitrogens with zero attached hydrogens (tertiary/aromatic N) is 2. The first kappa shape index (κ1) is 14.0. The van der Waals surface area contributed by atoms with E-state index in [-0.39, 0.29) is 0 Å². The molecule has 16 heavy (non-hydrogen) atoms. The zero-order valence-corrected chi connectivity index (χ0v) is 12.2. The summed E-state index contributed by atoms with van der Waals surface area (Å²) >= 11 is 6.18. The van der Waals surface area contributed by atoms with E-state index in [1.54, 1.807) is 11.3 Å². The Hall–Kier alpha value is -0.0600. The van der Waals surface area contributed by atoms with E-state index in [1.807, 2.05) is 5.51 Å². The van der Waals surface area contributed by atoms with Crippen LogP contribution in [-0.2, 0) is 6.54 Å². The van der Waals surface area contributed by atoms with Gasteiger partial charge >= 0.3 is 0 Å². The van der Waals surface area contributed by atoms with E-state index in [1.165, 1.54) is 23.4 Å². The Kier molecular flexibility index (Phi) is 6.39. The van der Waals surface area contributed by atoms with E-state index in [0.29, 0.717) is 5.92 Å². The highest BCUT2D eigenvalue weighted by Gasteiger charge is 2.11. The van der Waals surface area contributed by atoms with Crippen LogP contribution in [0.15, 0.2) is 5.51 Å².